The molecule has 0 unspecified atom stereocenters. The third kappa shape index (κ3) is 13.2. The van der Waals surface area contributed by atoms with Gasteiger partial charge >= 0.3 is 6.09 Å². The van der Waals surface area contributed by atoms with Crippen LogP contribution in [0.2, 0.25) is 0 Å². The van der Waals surface area contributed by atoms with Crippen LogP contribution in [0.1, 0.15) is 52.5 Å². The number of hydrogen-bond donors (Lipinski definition) is 4. The van der Waals surface area contributed by atoms with Crippen LogP contribution in [0.5, 0.6) is 0 Å². The predicted octanol–water partition coefficient (Wildman–Crippen LogP) is 3.62. The second-order valence-corrected chi connectivity index (χ2v) is 7.63. The van der Waals surface area contributed by atoms with Gasteiger partial charge in [0.1, 0.15) is 5.60 Å². The van der Waals surface area contributed by atoms with Crippen LogP contribution in [0, 0.1) is 0 Å². The zero-order chi connectivity index (χ0) is 21.7. The maximum atomic E-state index is 11.7. The minimum Gasteiger partial charge on any atom is -0.444 e. The minimum atomic E-state index is -0.496. The predicted molar refractivity (Wildman–Crippen MR) is 132 cm³/mol. The second kappa shape index (κ2) is 14.9. The number of guanidine groups is 1. The summed E-state index contributed by atoms with van der Waals surface area (Å²) >= 11 is 0. The fraction of sp³-hybridized carbons (Fsp3) is 0.571. The highest BCUT2D eigenvalue weighted by atomic mass is 127. The summed E-state index contributed by atoms with van der Waals surface area (Å²) in [4.78, 5) is 27.5. The van der Waals surface area contributed by atoms with Crippen LogP contribution in [-0.4, -0.2) is 43.7 Å². The van der Waals surface area contributed by atoms with Crippen LogP contribution in [-0.2, 0) is 16.1 Å². The molecule has 0 spiro atoms. The first kappa shape index (κ1) is 28.0. The molecule has 0 atom stereocenters. The van der Waals surface area contributed by atoms with Crippen molar-refractivity contribution in [2.75, 3.05) is 25.5 Å². The van der Waals surface area contributed by atoms with Crippen molar-refractivity contribution in [1.82, 2.24) is 16.0 Å². The van der Waals surface area contributed by atoms with Gasteiger partial charge in [-0.05, 0) is 51.3 Å². The Balaban J connectivity index is 0.00000841. The largest absolute Gasteiger partial charge is 0.444 e. The number of nitrogens with one attached hydrogen (secondary N) is 4. The molecule has 8 nitrogen and oxygen atoms in total. The van der Waals surface area contributed by atoms with E-state index in [0.29, 0.717) is 32.0 Å². The van der Waals surface area contributed by atoms with Crippen LogP contribution in [0.4, 0.5) is 10.5 Å². The van der Waals surface area contributed by atoms with Gasteiger partial charge in [0.2, 0.25) is 5.91 Å². The zero-order valence-corrected chi connectivity index (χ0v) is 21.0. The molecule has 1 aromatic rings. The zero-order valence-electron chi connectivity index (χ0n) is 18.6. The maximum Gasteiger partial charge on any atom is 0.407 e. The smallest absolute Gasteiger partial charge is 0.407 e. The van der Waals surface area contributed by atoms with E-state index in [-0.39, 0.29) is 29.9 Å². The first-order valence-corrected chi connectivity index (χ1v) is 10.0. The number of carbonyl (C=O) groups is 2. The number of carbonyl (C=O) groups excluding carboxylic acids is 2. The lowest BCUT2D eigenvalue weighted by atomic mass is 10.2. The summed E-state index contributed by atoms with van der Waals surface area (Å²) in [5, 5.41) is 12.1. The monoisotopic (exact) mass is 533 g/mol. The summed E-state index contributed by atoms with van der Waals surface area (Å²) in [7, 11) is 1.70. The molecule has 4 N–H and O–H groups in total. The molecule has 0 bridgehead atoms. The third-order valence-corrected chi connectivity index (χ3v) is 3.69. The van der Waals surface area contributed by atoms with E-state index < -0.39 is 11.7 Å². The van der Waals surface area contributed by atoms with E-state index in [9.17, 15) is 9.59 Å². The van der Waals surface area contributed by atoms with Crippen molar-refractivity contribution in [2.24, 2.45) is 4.99 Å². The van der Waals surface area contributed by atoms with Gasteiger partial charge in [0.05, 0.1) is 0 Å². The van der Waals surface area contributed by atoms with Crippen molar-refractivity contribution in [2.45, 2.75) is 59.1 Å². The molecule has 170 valence electrons. The summed E-state index contributed by atoms with van der Waals surface area (Å²) in [6.07, 6.45) is 1.66. The highest BCUT2D eigenvalue weighted by Crippen LogP contribution is 2.11. The van der Waals surface area contributed by atoms with Crippen molar-refractivity contribution in [3.05, 3.63) is 29.8 Å². The molecule has 1 aromatic carbocycles. The van der Waals surface area contributed by atoms with Gasteiger partial charge in [-0.2, -0.15) is 0 Å². The molecule has 1 rings (SSSR count). The van der Waals surface area contributed by atoms with Crippen LogP contribution >= 0.6 is 24.0 Å². The topological polar surface area (TPSA) is 104 Å². The molecule has 0 radical (unpaired) electrons. The molecular weight excluding hydrogens is 497 g/mol. The Bertz CT molecular complexity index is 689. The summed E-state index contributed by atoms with van der Waals surface area (Å²) in [6.45, 7) is 9.22. The van der Waals surface area contributed by atoms with E-state index >= 15 is 0 Å². The Morgan fingerprint density at radius 3 is 2.43 bits per heavy atom. The first-order valence-electron chi connectivity index (χ1n) is 10.0. The lowest BCUT2D eigenvalue weighted by Gasteiger charge is -2.19. The average molecular weight is 533 g/mol. The summed E-state index contributed by atoms with van der Waals surface area (Å²) in [6, 6.07) is 7.72. The quantitative estimate of drug-likeness (QED) is 0.168. The molecule has 0 aliphatic heterocycles. The standard InChI is InChI=1S/C21H35N5O3.HI/c1-6-9-18(27)26-17-11-7-10-16(14-17)15-25-19(22-5)23-12-8-13-24-20(28)29-21(2,3)4;/h7,10-11,14H,6,8-9,12-13,15H2,1-5H3,(H,24,28)(H,26,27)(H2,22,23,25);1H. The number of benzene rings is 1. The van der Waals surface area contributed by atoms with E-state index in [1.807, 2.05) is 52.0 Å². The molecule has 9 heteroatoms. The number of alkyl carbamates (subject to hydrolysis) is 1. The lowest BCUT2D eigenvalue weighted by Crippen LogP contribution is -2.39. The maximum absolute atomic E-state index is 11.7. The van der Waals surface area contributed by atoms with E-state index in [4.69, 9.17) is 4.74 Å². The Kier molecular flexibility index (Phi) is 13.9. The molecule has 0 aromatic heterocycles. The number of halogens is 1. The van der Waals surface area contributed by atoms with Gasteiger partial charge in [-0.1, -0.05) is 19.1 Å². The lowest BCUT2D eigenvalue weighted by molar-refractivity contribution is -0.116. The van der Waals surface area contributed by atoms with Crippen molar-refractivity contribution < 1.29 is 14.3 Å². The Labute approximate surface area is 197 Å². The Morgan fingerprint density at radius 2 is 1.80 bits per heavy atom. The van der Waals surface area contributed by atoms with Gasteiger partial charge in [0.25, 0.3) is 0 Å². The molecule has 0 saturated heterocycles. The fourth-order valence-corrected chi connectivity index (χ4v) is 2.42. The van der Waals surface area contributed by atoms with E-state index in [0.717, 1.165) is 24.1 Å². The molecular formula is C21H36IN5O3. The summed E-state index contributed by atoms with van der Waals surface area (Å²) in [5.41, 5.74) is 1.33. The van der Waals surface area contributed by atoms with Gasteiger partial charge in [-0.25, -0.2) is 4.79 Å². The van der Waals surface area contributed by atoms with Crippen molar-refractivity contribution in [3.8, 4) is 0 Å². The van der Waals surface area contributed by atoms with Crippen LogP contribution in [0.25, 0.3) is 0 Å². The van der Waals surface area contributed by atoms with Crippen molar-refractivity contribution in [1.29, 1.82) is 0 Å². The van der Waals surface area contributed by atoms with E-state index in [1.54, 1.807) is 7.05 Å². The third-order valence-electron chi connectivity index (χ3n) is 3.69. The molecule has 2 amide bonds. The Morgan fingerprint density at radius 1 is 1.10 bits per heavy atom. The van der Waals surface area contributed by atoms with Crippen molar-refractivity contribution >= 4 is 47.6 Å². The van der Waals surface area contributed by atoms with Gasteiger partial charge in [-0.15, -0.1) is 24.0 Å². The number of anilines is 1. The minimum absolute atomic E-state index is 0. The first-order chi connectivity index (χ1) is 13.7. The summed E-state index contributed by atoms with van der Waals surface area (Å²) < 4.78 is 5.19. The molecule has 0 heterocycles. The van der Waals surface area contributed by atoms with Gasteiger partial charge in [0, 0.05) is 38.8 Å². The number of amides is 2. The van der Waals surface area contributed by atoms with Crippen molar-refractivity contribution in [3.63, 3.8) is 0 Å². The molecule has 0 fully saturated rings. The number of aliphatic imine (C=N–C) groups is 1. The number of hydrogen-bond acceptors (Lipinski definition) is 4. The highest BCUT2D eigenvalue weighted by Gasteiger charge is 2.15. The van der Waals surface area contributed by atoms with Gasteiger partial charge in [-0.3, -0.25) is 9.79 Å². The SMILES string of the molecule is CCCC(=O)Nc1cccc(CNC(=NC)NCCCNC(=O)OC(C)(C)C)c1.I. The Hall–Kier alpha value is -2.04. The average Bonchev–Trinajstić information content (AvgIpc) is 2.63. The molecule has 30 heavy (non-hydrogen) atoms. The van der Waals surface area contributed by atoms with Crippen LogP contribution < -0.4 is 21.3 Å². The number of ether oxygens (including phenoxy) is 1. The van der Waals surface area contributed by atoms with Crippen LogP contribution in [0.15, 0.2) is 29.3 Å². The highest BCUT2D eigenvalue weighted by molar-refractivity contribution is 14.0. The van der Waals surface area contributed by atoms with E-state index in [1.165, 1.54) is 0 Å². The van der Waals surface area contributed by atoms with Gasteiger partial charge in [0.15, 0.2) is 5.96 Å². The number of nitrogens with zero attached hydrogens (tertiary/aromatic N) is 1. The van der Waals surface area contributed by atoms with E-state index in [2.05, 4.69) is 26.3 Å². The number of rotatable bonds is 9. The molecule has 0 saturated carbocycles. The van der Waals surface area contributed by atoms with Crippen LogP contribution in [0.3, 0.4) is 0 Å². The second-order valence-electron chi connectivity index (χ2n) is 7.63. The van der Waals surface area contributed by atoms with Gasteiger partial charge < -0.3 is 26.0 Å². The normalized spacial score (nSPS) is 11.2. The molecule has 0 aliphatic rings. The fourth-order valence-electron chi connectivity index (χ4n) is 2.42. The molecule has 0 aliphatic carbocycles. The summed E-state index contributed by atoms with van der Waals surface area (Å²) in [5.74, 6) is 0.692.